The molecule has 8 nitrogen and oxygen atoms in total. The third-order valence-electron chi connectivity index (χ3n) is 3.95. The Morgan fingerprint density at radius 1 is 1.15 bits per heavy atom. The Kier molecular flexibility index (Phi) is 4.14. The SMILES string of the molecule is COc1ccc(Nc2nc(NCc3ccco3)nc3c2cnn3C)cc1. The van der Waals surface area contributed by atoms with Crippen LogP contribution in [0.25, 0.3) is 11.0 Å². The molecule has 4 rings (SSSR count). The smallest absolute Gasteiger partial charge is 0.227 e. The highest BCUT2D eigenvalue weighted by Gasteiger charge is 2.12. The number of aromatic nitrogens is 4. The van der Waals surface area contributed by atoms with Crippen LogP contribution in [0, 0.1) is 0 Å². The summed E-state index contributed by atoms with van der Waals surface area (Å²) in [4.78, 5) is 9.13. The number of benzene rings is 1. The first kappa shape index (κ1) is 15.9. The number of anilines is 3. The van der Waals surface area contributed by atoms with E-state index in [1.54, 1.807) is 24.3 Å². The number of nitrogens with zero attached hydrogens (tertiary/aromatic N) is 4. The monoisotopic (exact) mass is 350 g/mol. The van der Waals surface area contributed by atoms with Gasteiger partial charge in [0.05, 0.1) is 31.5 Å². The fourth-order valence-electron chi connectivity index (χ4n) is 2.59. The van der Waals surface area contributed by atoms with Gasteiger partial charge in [0.15, 0.2) is 5.65 Å². The molecule has 0 unspecified atom stereocenters. The predicted molar refractivity (Wildman–Crippen MR) is 98.6 cm³/mol. The molecule has 0 fully saturated rings. The van der Waals surface area contributed by atoms with E-state index in [0.29, 0.717) is 18.3 Å². The van der Waals surface area contributed by atoms with Gasteiger partial charge < -0.3 is 19.8 Å². The summed E-state index contributed by atoms with van der Waals surface area (Å²) in [6.45, 7) is 0.498. The standard InChI is InChI=1S/C18H18N6O2/c1-24-17-15(11-20-24)16(21-12-5-7-13(25-2)8-6-12)22-18(23-17)19-10-14-4-3-9-26-14/h3-9,11H,10H2,1-2H3,(H2,19,21,22,23). The zero-order chi connectivity index (χ0) is 17.9. The molecular weight excluding hydrogens is 332 g/mol. The molecule has 0 spiro atoms. The molecule has 0 aliphatic rings. The second kappa shape index (κ2) is 6.75. The molecule has 1 aromatic carbocycles. The van der Waals surface area contributed by atoms with Crippen LogP contribution in [0.2, 0.25) is 0 Å². The quantitative estimate of drug-likeness (QED) is 0.551. The molecule has 8 heteroatoms. The molecule has 0 amide bonds. The van der Waals surface area contributed by atoms with E-state index in [1.165, 1.54) is 0 Å². The molecule has 3 aromatic heterocycles. The van der Waals surface area contributed by atoms with Gasteiger partial charge >= 0.3 is 0 Å². The Balaban J connectivity index is 1.65. The molecule has 0 radical (unpaired) electrons. The second-order valence-electron chi connectivity index (χ2n) is 5.69. The summed E-state index contributed by atoms with van der Waals surface area (Å²) in [5.74, 6) is 2.78. The van der Waals surface area contributed by atoms with Crippen LogP contribution in [0.3, 0.4) is 0 Å². The molecule has 2 N–H and O–H groups in total. The van der Waals surface area contributed by atoms with Gasteiger partial charge in [0.2, 0.25) is 5.95 Å². The molecule has 0 atom stereocenters. The van der Waals surface area contributed by atoms with E-state index >= 15 is 0 Å². The highest BCUT2D eigenvalue weighted by atomic mass is 16.5. The number of aryl methyl sites for hydroxylation is 1. The van der Waals surface area contributed by atoms with Gasteiger partial charge in [0.1, 0.15) is 17.3 Å². The maximum atomic E-state index is 5.34. The van der Waals surface area contributed by atoms with Crippen molar-refractivity contribution in [2.24, 2.45) is 7.05 Å². The van der Waals surface area contributed by atoms with Crippen LogP contribution in [0.15, 0.2) is 53.3 Å². The average Bonchev–Trinajstić information content (AvgIpc) is 3.31. The lowest BCUT2D eigenvalue weighted by molar-refractivity contribution is 0.415. The Morgan fingerprint density at radius 2 is 2.00 bits per heavy atom. The maximum Gasteiger partial charge on any atom is 0.227 e. The topological polar surface area (TPSA) is 90.0 Å². The lowest BCUT2D eigenvalue weighted by Crippen LogP contribution is -2.06. The fourth-order valence-corrected chi connectivity index (χ4v) is 2.59. The van der Waals surface area contributed by atoms with Gasteiger partial charge in [0, 0.05) is 12.7 Å². The number of rotatable bonds is 6. The van der Waals surface area contributed by atoms with Gasteiger partial charge in [-0.05, 0) is 36.4 Å². The number of furan rings is 1. The molecule has 132 valence electrons. The lowest BCUT2D eigenvalue weighted by Gasteiger charge is -2.10. The van der Waals surface area contributed by atoms with Crippen LogP contribution in [0.4, 0.5) is 17.5 Å². The van der Waals surface area contributed by atoms with Crippen molar-refractivity contribution >= 4 is 28.5 Å². The molecule has 0 saturated carbocycles. The van der Waals surface area contributed by atoms with Gasteiger partial charge in [-0.2, -0.15) is 15.1 Å². The number of hydrogen-bond acceptors (Lipinski definition) is 7. The Labute approximate surface area is 149 Å². The minimum absolute atomic E-state index is 0.494. The van der Waals surface area contributed by atoms with E-state index in [2.05, 4.69) is 25.7 Å². The summed E-state index contributed by atoms with van der Waals surface area (Å²) in [6.07, 6.45) is 3.39. The molecule has 3 heterocycles. The van der Waals surface area contributed by atoms with Crippen molar-refractivity contribution in [1.29, 1.82) is 0 Å². The first-order chi connectivity index (χ1) is 12.7. The van der Waals surface area contributed by atoms with Crippen LogP contribution in [-0.2, 0) is 13.6 Å². The molecule has 0 saturated heterocycles. The van der Waals surface area contributed by atoms with Gasteiger partial charge in [-0.15, -0.1) is 0 Å². The van der Waals surface area contributed by atoms with Crippen molar-refractivity contribution in [1.82, 2.24) is 19.7 Å². The molecule has 0 aliphatic carbocycles. The highest BCUT2D eigenvalue weighted by molar-refractivity contribution is 5.89. The normalized spacial score (nSPS) is 10.8. The van der Waals surface area contributed by atoms with E-state index in [0.717, 1.165) is 28.2 Å². The van der Waals surface area contributed by atoms with Crippen LogP contribution in [0.1, 0.15) is 5.76 Å². The summed E-state index contributed by atoms with van der Waals surface area (Å²) in [5, 5.41) is 11.6. The second-order valence-corrected chi connectivity index (χ2v) is 5.69. The third kappa shape index (κ3) is 3.16. The number of nitrogens with one attached hydrogen (secondary N) is 2. The summed E-state index contributed by atoms with van der Waals surface area (Å²) < 4.78 is 12.2. The van der Waals surface area contributed by atoms with Crippen LogP contribution in [-0.4, -0.2) is 26.9 Å². The maximum absolute atomic E-state index is 5.34. The summed E-state index contributed by atoms with van der Waals surface area (Å²) in [6, 6.07) is 11.4. The van der Waals surface area contributed by atoms with Crippen molar-refractivity contribution in [3.8, 4) is 5.75 Å². The zero-order valence-corrected chi connectivity index (χ0v) is 14.4. The number of methoxy groups -OCH3 is 1. The van der Waals surface area contributed by atoms with Crippen LogP contribution >= 0.6 is 0 Å². The van der Waals surface area contributed by atoms with Crippen molar-refractivity contribution in [3.05, 3.63) is 54.6 Å². The Morgan fingerprint density at radius 3 is 2.73 bits per heavy atom. The number of fused-ring (bicyclic) bond motifs is 1. The highest BCUT2D eigenvalue weighted by Crippen LogP contribution is 2.26. The van der Waals surface area contributed by atoms with E-state index < -0.39 is 0 Å². The van der Waals surface area contributed by atoms with Crippen LogP contribution < -0.4 is 15.4 Å². The summed E-state index contributed by atoms with van der Waals surface area (Å²) in [5.41, 5.74) is 1.63. The van der Waals surface area contributed by atoms with E-state index in [-0.39, 0.29) is 0 Å². The molecular formula is C18H18N6O2. The lowest BCUT2D eigenvalue weighted by atomic mass is 10.3. The third-order valence-corrected chi connectivity index (χ3v) is 3.95. The van der Waals surface area contributed by atoms with Crippen molar-refractivity contribution in [3.63, 3.8) is 0 Å². The van der Waals surface area contributed by atoms with E-state index in [4.69, 9.17) is 9.15 Å². The first-order valence-corrected chi connectivity index (χ1v) is 8.10. The van der Waals surface area contributed by atoms with Crippen molar-refractivity contribution < 1.29 is 9.15 Å². The molecule has 26 heavy (non-hydrogen) atoms. The van der Waals surface area contributed by atoms with Crippen molar-refractivity contribution in [2.45, 2.75) is 6.54 Å². The van der Waals surface area contributed by atoms with Gasteiger partial charge in [-0.1, -0.05) is 0 Å². The van der Waals surface area contributed by atoms with Gasteiger partial charge in [0.25, 0.3) is 0 Å². The largest absolute Gasteiger partial charge is 0.497 e. The minimum atomic E-state index is 0.494. The summed E-state index contributed by atoms with van der Waals surface area (Å²) in [7, 11) is 3.49. The minimum Gasteiger partial charge on any atom is -0.497 e. The first-order valence-electron chi connectivity index (χ1n) is 8.10. The fraction of sp³-hybridized carbons (Fsp3) is 0.167. The van der Waals surface area contributed by atoms with E-state index in [9.17, 15) is 0 Å². The number of hydrogen-bond donors (Lipinski definition) is 2. The molecule has 4 aromatic rings. The molecule has 0 bridgehead atoms. The summed E-state index contributed by atoms with van der Waals surface area (Å²) >= 11 is 0. The average molecular weight is 350 g/mol. The van der Waals surface area contributed by atoms with Gasteiger partial charge in [-0.3, -0.25) is 4.68 Å². The Bertz CT molecular complexity index is 1010. The van der Waals surface area contributed by atoms with Crippen LogP contribution in [0.5, 0.6) is 5.75 Å². The zero-order valence-electron chi connectivity index (χ0n) is 14.4. The number of ether oxygens (including phenoxy) is 1. The Hall–Kier alpha value is -3.55. The predicted octanol–water partition coefficient (Wildman–Crippen LogP) is 3.32. The molecule has 0 aliphatic heterocycles. The van der Waals surface area contributed by atoms with E-state index in [1.807, 2.05) is 43.4 Å². The van der Waals surface area contributed by atoms with Gasteiger partial charge in [-0.25, -0.2) is 0 Å². The van der Waals surface area contributed by atoms with Crippen molar-refractivity contribution in [2.75, 3.05) is 17.7 Å².